The summed E-state index contributed by atoms with van der Waals surface area (Å²) in [7, 11) is -3.68. The Morgan fingerprint density at radius 1 is 1.00 bits per heavy atom. The van der Waals surface area contributed by atoms with Crippen LogP contribution >= 0.6 is 11.6 Å². The van der Waals surface area contributed by atoms with Crippen molar-refractivity contribution in [1.82, 2.24) is 8.61 Å². The summed E-state index contributed by atoms with van der Waals surface area (Å²) < 4.78 is 60.7. The maximum atomic E-state index is 12.4. The lowest BCUT2D eigenvalue weighted by atomic mass is 10.4. The fourth-order valence-electron chi connectivity index (χ4n) is 2.00. The van der Waals surface area contributed by atoms with Crippen LogP contribution < -0.4 is 0 Å². The molecule has 0 aliphatic carbocycles. The van der Waals surface area contributed by atoms with Crippen LogP contribution in [-0.2, 0) is 36.2 Å². The SMILES string of the molecule is CN(C)S(=O)(=O)c1ccc(COC(=O)CN(C)S(=O)(=O)c2ccc(Cl)cc2)o1. The van der Waals surface area contributed by atoms with E-state index in [0.29, 0.717) is 5.02 Å². The van der Waals surface area contributed by atoms with Crippen molar-refractivity contribution in [3.63, 3.8) is 0 Å². The normalized spacial score (nSPS) is 12.5. The van der Waals surface area contributed by atoms with Crippen LogP contribution in [0.2, 0.25) is 5.02 Å². The summed E-state index contributed by atoms with van der Waals surface area (Å²) in [6.45, 7) is -0.870. The molecule has 0 aliphatic heterocycles. The summed E-state index contributed by atoms with van der Waals surface area (Å²) >= 11 is 5.74. The molecule has 1 aromatic heterocycles. The molecule has 1 heterocycles. The minimum Gasteiger partial charge on any atom is -0.457 e. The van der Waals surface area contributed by atoms with Crippen molar-refractivity contribution in [2.45, 2.75) is 16.6 Å². The number of sulfonamides is 2. The highest BCUT2D eigenvalue weighted by Crippen LogP contribution is 2.19. The number of esters is 1. The van der Waals surface area contributed by atoms with Crippen molar-refractivity contribution >= 4 is 37.6 Å². The summed E-state index contributed by atoms with van der Waals surface area (Å²) in [4.78, 5) is 11.9. The van der Waals surface area contributed by atoms with E-state index in [4.69, 9.17) is 20.8 Å². The number of hydrogen-bond donors (Lipinski definition) is 0. The smallest absolute Gasteiger partial charge is 0.321 e. The van der Waals surface area contributed by atoms with Gasteiger partial charge in [0.15, 0.2) is 0 Å². The van der Waals surface area contributed by atoms with Gasteiger partial charge in [-0.25, -0.2) is 21.1 Å². The van der Waals surface area contributed by atoms with Crippen LogP contribution in [0.5, 0.6) is 0 Å². The van der Waals surface area contributed by atoms with Crippen LogP contribution in [-0.4, -0.2) is 59.1 Å². The van der Waals surface area contributed by atoms with Crippen LogP contribution in [0.1, 0.15) is 5.76 Å². The average Bonchev–Trinajstić information content (AvgIpc) is 3.10. The molecule has 2 aromatic rings. The van der Waals surface area contributed by atoms with Gasteiger partial charge < -0.3 is 9.15 Å². The van der Waals surface area contributed by atoms with Gasteiger partial charge in [0, 0.05) is 26.2 Å². The highest BCUT2D eigenvalue weighted by molar-refractivity contribution is 7.89. The number of hydrogen-bond acceptors (Lipinski definition) is 7. The Morgan fingerprint density at radius 2 is 1.61 bits per heavy atom. The van der Waals surface area contributed by atoms with E-state index in [1.807, 2.05) is 0 Å². The largest absolute Gasteiger partial charge is 0.457 e. The van der Waals surface area contributed by atoms with E-state index in [1.54, 1.807) is 0 Å². The van der Waals surface area contributed by atoms with Gasteiger partial charge in [-0.3, -0.25) is 4.79 Å². The number of halogens is 1. The molecule has 0 spiro atoms. The molecule has 154 valence electrons. The number of nitrogens with zero attached hydrogens (tertiary/aromatic N) is 2. The first-order chi connectivity index (χ1) is 12.9. The van der Waals surface area contributed by atoms with Crippen molar-refractivity contribution in [2.75, 3.05) is 27.7 Å². The molecule has 9 nitrogen and oxygen atoms in total. The second-order valence-electron chi connectivity index (χ2n) is 5.88. The van der Waals surface area contributed by atoms with Gasteiger partial charge in [-0.15, -0.1) is 0 Å². The van der Waals surface area contributed by atoms with Crippen molar-refractivity contribution in [3.8, 4) is 0 Å². The number of rotatable bonds is 8. The van der Waals surface area contributed by atoms with Gasteiger partial charge in [0.1, 0.15) is 18.9 Å². The number of carbonyl (C=O) groups is 1. The third-order valence-corrected chi connectivity index (χ3v) is 7.38. The number of furan rings is 1. The predicted octanol–water partition coefficient (Wildman–Crippen LogP) is 1.55. The average molecular weight is 451 g/mol. The summed E-state index contributed by atoms with van der Waals surface area (Å²) in [6, 6.07) is 8.12. The Morgan fingerprint density at radius 3 is 2.18 bits per heavy atom. The van der Waals surface area contributed by atoms with Crippen LogP contribution in [0.4, 0.5) is 0 Å². The zero-order valence-electron chi connectivity index (χ0n) is 15.3. The molecule has 12 heteroatoms. The van der Waals surface area contributed by atoms with E-state index in [-0.39, 0.29) is 22.4 Å². The lowest BCUT2D eigenvalue weighted by Gasteiger charge is -2.16. The van der Waals surface area contributed by atoms with E-state index < -0.39 is 32.6 Å². The van der Waals surface area contributed by atoms with Gasteiger partial charge in [0.2, 0.25) is 15.1 Å². The molecule has 2 rings (SSSR count). The number of benzene rings is 1. The molecule has 1 aromatic carbocycles. The Labute approximate surface area is 168 Å². The maximum absolute atomic E-state index is 12.4. The predicted molar refractivity (Wildman–Crippen MR) is 101 cm³/mol. The molecule has 0 unspecified atom stereocenters. The molecule has 0 N–H and O–H groups in total. The number of likely N-dealkylation sites (N-methyl/N-ethyl adjacent to an activating group) is 1. The highest BCUT2D eigenvalue weighted by atomic mass is 35.5. The van der Waals surface area contributed by atoms with E-state index in [1.165, 1.54) is 57.5 Å². The second kappa shape index (κ2) is 8.62. The topological polar surface area (TPSA) is 114 Å². The van der Waals surface area contributed by atoms with Gasteiger partial charge in [-0.05, 0) is 36.4 Å². The minimum absolute atomic E-state index is 0.0169. The van der Waals surface area contributed by atoms with Crippen LogP contribution in [0, 0.1) is 0 Å². The van der Waals surface area contributed by atoms with Gasteiger partial charge in [-0.1, -0.05) is 11.6 Å². The summed E-state index contributed by atoms with van der Waals surface area (Å²) in [5.41, 5.74) is 0. The van der Waals surface area contributed by atoms with Gasteiger partial charge >= 0.3 is 5.97 Å². The molecular weight excluding hydrogens is 432 g/mol. The third-order valence-electron chi connectivity index (χ3n) is 3.62. The van der Waals surface area contributed by atoms with Crippen molar-refractivity contribution in [2.24, 2.45) is 0 Å². The Hall–Kier alpha value is -1.92. The zero-order chi connectivity index (χ0) is 21.1. The summed E-state index contributed by atoms with van der Waals surface area (Å²) in [5, 5.41) is 0.0982. The first-order valence-electron chi connectivity index (χ1n) is 7.83. The first-order valence-corrected chi connectivity index (χ1v) is 11.1. The Bertz CT molecular complexity index is 1040. The molecule has 0 saturated carbocycles. The van der Waals surface area contributed by atoms with E-state index >= 15 is 0 Å². The minimum atomic E-state index is -3.89. The van der Waals surface area contributed by atoms with E-state index in [2.05, 4.69) is 0 Å². The molecule has 0 saturated heterocycles. The highest BCUT2D eigenvalue weighted by Gasteiger charge is 2.24. The third kappa shape index (κ3) is 5.11. The first kappa shape index (κ1) is 22.4. The van der Waals surface area contributed by atoms with Crippen molar-refractivity contribution < 1.29 is 30.8 Å². The van der Waals surface area contributed by atoms with Crippen molar-refractivity contribution in [3.05, 3.63) is 47.2 Å². The van der Waals surface area contributed by atoms with E-state index in [9.17, 15) is 21.6 Å². The standard InChI is InChI=1S/C16H19ClN2O7S2/c1-18(2)28(23,24)16-9-6-13(26-16)11-25-15(20)10-19(3)27(21,22)14-7-4-12(17)5-8-14/h4-9H,10-11H2,1-3H3. The lowest BCUT2D eigenvalue weighted by Crippen LogP contribution is -2.33. The molecular formula is C16H19ClN2O7S2. The second-order valence-corrected chi connectivity index (χ2v) is 10.4. The van der Waals surface area contributed by atoms with Crippen LogP contribution in [0.3, 0.4) is 0 Å². The Kier molecular flexibility index (Phi) is 6.88. The monoisotopic (exact) mass is 450 g/mol. The summed E-state index contributed by atoms with van der Waals surface area (Å²) in [6.07, 6.45) is 0. The number of carbonyl (C=O) groups excluding carboxylic acids is 1. The molecule has 0 amide bonds. The van der Waals surface area contributed by atoms with Crippen LogP contribution in [0.25, 0.3) is 0 Å². The molecule has 0 fully saturated rings. The van der Waals surface area contributed by atoms with Crippen LogP contribution in [0.15, 0.2) is 50.8 Å². The quantitative estimate of drug-likeness (QED) is 0.560. The molecule has 0 aliphatic rings. The van der Waals surface area contributed by atoms with Gasteiger partial charge in [0.25, 0.3) is 10.0 Å². The van der Waals surface area contributed by atoms with E-state index in [0.717, 1.165) is 8.61 Å². The zero-order valence-corrected chi connectivity index (χ0v) is 17.7. The van der Waals surface area contributed by atoms with Gasteiger partial charge in [-0.2, -0.15) is 4.31 Å². The molecule has 0 atom stereocenters. The molecule has 0 bridgehead atoms. The fraction of sp³-hybridized carbons (Fsp3) is 0.312. The number of ether oxygens (including phenoxy) is 1. The lowest BCUT2D eigenvalue weighted by molar-refractivity contribution is -0.145. The fourth-order valence-corrected chi connectivity index (χ4v) is 4.06. The Balaban J connectivity index is 1.97. The molecule has 28 heavy (non-hydrogen) atoms. The van der Waals surface area contributed by atoms with Gasteiger partial charge in [0.05, 0.1) is 4.90 Å². The summed E-state index contributed by atoms with van der Waals surface area (Å²) in [5.74, 6) is -0.717. The molecule has 0 radical (unpaired) electrons. The van der Waals surface area contributed by atoms with Crippen molar-refractivity contribution in [1.29, 1.82) is 0 Å². The maximum Gasteiger partial charge on any atom is 0.321 e.